The number of alkyl halides is 3. The lowest BCUT2D eigenvalue weighted by Crippen LogP contribution is -2.37. The van der Waals surface area contributed by atoms with Gasteiger partial charge in [0.05, 0.1) is 5.92 Å². The van der Waals surface area contributed by atoms with Crippen molar-refractivity contribution >= 4 is 0 Å². The summed E-state index contributed by atoms with van der Waals surface area (Å²) in [6.07, 6.45) is -3.47. The number of nitrogens with two attached hydrogens (primary N) is 1. The van der Waals surface area contributed by atoms with E-state index in [0.717, 1.165) is 0 Å². The van der Waals surface area contributed by atoms with E-state index >= 15 is 0 Å². The van der Waals surface area contributed by atoms with Crippen molar-refractivity contribution in [2.24, 2.45) is 11.7 Å². The van der Waals surface area contributed by atoms with Crippen LogP contribution in [0.15, 0.2) is 0 Å². The van der Waals surface area contributed by atoms with Gasteiger partial charge < -0.3 is 11.1 Å². The van der Waals surface area contributed by atoms with E-state index in [1.807, 2.05) is 0 Å². The molecule has 0 spiro atoms. The average molecular weight is 182 g/mol. The van der Waals surface area contributed by atoms with E-state index in [0.29, 0.717) is 19.5 Å². The molecular formula is C7H13F3N2. The van der Waals surface area contributed by atoms with Crippen LogP contribution in [0.5, 0.6) is 0 Å². The van der Waals surface area contributed by atoms with E-state index in [4.69, 9.17) is 5.73 Å². The molecular weight excluding hydrogens is 169 g/mol. The summed E-state index contributed by atoms with van der Waals surface area (Å²) in [4.78, 5) is 0. The highest BCUT2D eigenvalue weighted by Crippen LogP contribution is 2.34. The van der Waals surface area contributed by atoms with Crippen LogP contribution in [0.4, 0.5) is 13.2 Å². The molecule has 0 aromatic rings. The van der Waals surface area contributed by atoms with Gasteiger partial charge in [0.1, 0.15) is 0 Å². The molecule has 2 unspecified atom stereocenters. The molecule has 1 fully saturated rings. The van der Waals surface area contributed by atoms with Gasteiger partial charge in [-0.1, -0.05) is 0 Å². The number of nitrogens with one attached hydrogen (secondary N) is 1. The fourth-order valence-electron chi connectivity index (χ4n) is 1.64. The van der Waals surface area contributed by atoms with E-state index in [1.165, 1.54) is 0 Å². The van der Waals surface area contributed by atoms with Crippen LogP contribution in [0, 0.1) is 5.92 Å². The van der Waals surface area contributed by atoms with E-state index in [1.54, 1.807) is 0 Å². The fraction of sp³-hybridized carbons (Fsp3) is 1.00. The lowest BCUT2D eigenvalue weighted by molar-refractivity contribution is -0.176. The van der Waals surface area contributed by atoms with Gasteiger partial charge >= 0.3 is 6.18 Å². The molecule has 0 amide bonds. The Morgan fingerprint density at radius 1 is 1.42 bits per heavy atom. The summed E-state index contributed by atoms with van der Waals surface area (Å²) < 4.78 is 36.8. The minimum absolute atomic E-state index is 0.189. The van der Waals surface area contributed by atoms with E-state index in [9.17, 15) is 13.2 Å². The highest BCUT2D eigenvalue weighted by molar-refractivity contribution is 4.87. The maximum Gasteiger partial charge on any atom is 0.393 e. The van der Waals surface area contributed by atoms with Gasteiger partial charge in [-0.2, -0.15) is 13.2 Å². The predicted molar refractivity (Wildman–Crippen MR) is 39.6 cm³/mol. The lowest BCUT2D eigenvalue weighted by atomic mass is 9.98. The molecule has 12 heavy (non-hydrogen) atoms. The number of rotatable bonds is 2. The topological polar surface area (TPSA) is 38.0 Å². The molecule has 0 aromatic heterocycles. The second kappa shape index (κ2) is 3.62. The lowest BCUT2D eigenvalue weighted by Gasteiger charge is -2.21. The van der Waals surface area contributed by atoms with Gasteiger partial charge in [-0.3, -0.25) is 0 Å². The van der Waals surface area contributed by atoms with Gasteiger partial charge in [-0.15, -0.1) is 0 Å². The Kier molecular flexibility index (Phi) is 2.95. The summed E-state index contributed by atoms with van der Waals surface area (Å²) in [6.45, 7) is 0.763. The van der Waals surface area contributed by atoms with Crippen LogP contribution >= 0.6 is 0 Å². The molecule has 2 nitrogen and oxygen atoms in total. The van der Waals surface area contributed by atoms with E-state index < -0.39 is 18.1 Å². The van der Waals surface area contributed by atoms with Crippen molar-refractivity contribution in [2.75, 3.05) is 13.1 Å². The Bertz CT molecular complexity index is 146. The normalized spacial score (nSPS) is 31.0. The zero-order valence-corrected chi connectivity index (χ0v) is 6.69. The molecule has 1 heterocycles. The molecule has 72 valence electrons. The molecule has 0 aromatic carbocycles. The minimum Gasteiger partial charge on any atom is -0.330 e. The SMILES string of the molecule is NCCC1NCCC1C(F)(F)F. The van der Waals surface area contributed by atoms with Gasteiger partial charge in [0.25, 0.3) is 0 Å². The second-order valence-electron chi connectivity index (χ2n) is 3.07. The van der Waals surface area contributed by atoms with Crippen LogP contribution in [-0.2, 0) is 0 Å². The molecule has 1 aliphatic heterocycles. The van der Waals surface area contributed by atoms with Crippen LogP contribution < -0.4 is 11.1 Å². The van der Waals surface area contributed by atoms with Crippen molar-refractivity contribution in [3.8, 4) is 0 Å². The zero-order valence-electron chi connectivity index (χ0n) is 6.69. The molecule has 0 aliphatic carbocycles. The molecule has 2 atom stereocenters. The quantitative estimate of drug-likeness (QED) is 0.665. The van der Waals surface area contributed by atoms with Gasteiger partial charge in [0.15, 0.2) is 0 Å². The van der Waals surface area contributed by atoms with Crippen LogP contribution in [-0.4, -0.2) is 25.3 Å². The standard InChI is InChI=1S/C7H13F3N2/c8-7(9,10)5-2-4-12-6(5)1-3-11/h5-6,12H,1-4,11H2. The van der Waals surface area contributed by atoms with Gasteiger partial charge in [-0.25, -0.2) is 0 Å². The Morgan fingerprint density at radius 3 is 2.58 bits per heavy atom. The molecule has 0 radical (unpaired) electrons. The molecule has 1 rings (SSSR count). The first-order valence-corrected chi connectivity index (χ1v) is 4.06. The monoisotopic (exact) mass is 182 g/mol. The number of hydrogen-bond acceptors (Lipinski definition) is 2. The maximum absolute atomic E-state index is 12.3. The first kappa shape index (κ1) is 9.80. The van der Waals surface area contributed by atoms with Gasteiger partial charge in [0.2, 0.25) is 0 Å². The van der Waals surface area contributed by atoms with Crippen molar-refractivity contribution < 1.29 is 13.2 Å². The van der Waals surface area contributed by atoms with Crippen molar-refractivity contribution in [3.63, 3.8) is 0 Å². The van der Waals surface area contributed by atoms with Crippen molar-refractivity contribution in [2.45, 2.75) is 25.1 Å². The zero-order chi connectivity index (χ0) is 9.19. The maximum atomic E-state index is 12.3. The molecule has 0 bridgehead atoms. The highest BCUT2D eigenvalue weighted by Gasteiger charge is 2.46. The fourth-order valence-corrected chi connectivity index (χ4v) is 1.64. The molecule has 1 saturated heterocycles. The molecule has 3 N–H and O–H groups in total. The average Bonchev–Trinajstić information content (AvgIpc) is 2.34. The van der Waals surface area contributed by atoms with E-state index in [-0.39, 0.29) is 6.42 Å². The van der Waals surface area contributed by atoms with Crippen LogP contribution in [0.1, 0.15) is 12.8 Å². The molecule has 0 saturated carbocycles. The van der Waals surface area contributed by atoms with Crippen LogP contribution in [0.2, 0.25) is 0 Å². The van der Waals surface area contributed by atoms with Gasteiger partial charge in [-0.05, 0) is 25.9 Å². The molecule has 1 aliphatic rings. The predicted octanol–water partition coefficient (Wildman–Crippen LogP) is 0.876. The summed E-state index contributed by atoms with van der Waals surface area (Å²) in [5.41, 5.74) is 5.21. The third kappa shape index (κ3) is 2.10. The highest BCUT2D eigenvalue weighted by atomic mass is 19.4. The summed E-state index contributed by atoms with van der Waals surface area (Å²) in [7, 11) is 0. The van der Waals surface area contributed by atoms with Crippen LogP contribution in [0.25, 0.3) is 0 Å². The number of halogens is 3. The third-order valence-electron chi connectivity index (χ3n) is 2.25. The largest absolute Gasteiger partial charge is 0.393 e. The summed E-state index contributed by atoms with van der Waals surface area (Å²) in [5.74, 6) is -1.19. The van der Waals surface area contributed by atoms with Crippen molar-refractivity contribution in [1.29, 1.82) is 0 Å². The Labute approximate surface area is 69.3 Å². The first-order chi connectivity index (χ1) is 5.55. The van der Waals surface area contributed by atoms with E-state index in [2.05, 4.69) is 5.32 Å². The Hall–Kier alpha value is -0.290. The Morgan fingerprint density at radius 2 is 2.08 bits per heavy atom. The first-order valence-electron chi connectivity index (χ1n) is 4.06. The number of hydrogen-bond donors (Lipinski definition) is 2. The molecule has 5 heteroatoms. The smallest absolute Gasteiger partial charge is 0.330 e. The second-order valence-corrected chi connectivity index (χ2v) is 3.07. The summed E-state index contributed by atoms with van der Waals surface area (Å²) in [6, 6.07) is -0.463. The minimum atomic E-state index is -4.07. The Balaban J connectivity index is 2.52. The van der Waals surface area contributed by atoms with Crippen molar-refractivity contribution in [1.82, 2.24) is 5.32 Å². The summed E-state index contributed by atoms with van der Waals surface area (Å²) in [5, 5.41) is 2.81. The van der Waals surface area contributed by atoms with Crippen molar-refractivity contribution in [3.05, 3.63) is 0 Å². The summed E-state index contributed by atoms with van der Waals surface area (Å²) >= 11 is 0. The van der Waals surface area contributed by atoms with Crippen LogP contribution in [0.3, 0.4) is 0 Å². The van der Waals surface area contributed by atoms with Gasteiger partial charge in [0, 0.05) is 6.04 Å². The third-order valence-corrected chi connectivity index (χ3v) is 2.25.